The highest BCUT2D eigenvalue weighted by Crippen LogP contribution is 2.32. The first-order chi connectivity index (χ1) is 7.75. The maximum atomic E-state index is 6.00. The van der Waals surface area contributed by atoms with Crippen LogP contribution in [0.5, 0.6) is 0 Å². The van der Waals surface area contributed by atoms with Gasteiger partial charge in [-0.3, -0.25) is 4.68 Å². The van der Waals surface area contributed by atoms with E-state index >= 15 is 0 Å². The summed E-state index contributed by atoms with van der Waals surface area (Å²) in [6, 6.07) is 7.85. The fraction of sp³-hybridized carbons (Fsp3) is 0.250. The van der Waals surface area contributed by atoms with Crippen LogP contribution in [0, 0.1) is 0 Å². The van der Waals surface area contributed by atoms with Crippen LogP contribution < -0.4 is 5.32 Å². The van der Waals surface area contributed by atoms with E-state index in [4.69, 9.17) is 11.6 Å². The monoisotopic (exact) mass is 233 g/mol. The van der Waals surface area contributed by atoms with Gasteiger partial charge in [0, 0.05) is 29.7 Å². The molecule has 2 heterocycles. The maximum absolute atomic E-state index is 6.00. The predicted octanol–water partition coefficient (Wildman–Crippen LogP) is 2.71. The first-order valence-electron chi connectivity index (χ1n) is 5.31. The molecule has 0 atom stereocenters. The number of rotatable bonds is 1. The number of halogens is 1. The molecule has 3 nitrogen and oxygen atoms in total. The molecule has 0 fully saturated rings. The van der Waals surface area contributed by atoms with Gasteiger partial charge >= 0.3 is 0 Å². The second kappa shape index (κ2) is 3.52. The topological polar surface area (TPSA) is 29.9 Å². The third-order valence-corrected chi connectivity index (χ3v) is 3.15. The molecule has 1 N–H and O–H groups in total. The molecular formula is C12H12ClN3. The maximum Gasteiger partial charge on any atom is 0.127 e. The second-order valence-electron chi connectivity index (χ2n) is 3.99. The molecule has 1 aromatic heterocycles. The Morgan fingerprint density at radius 2 is 2.31 bits per heavy atom. The van der Waals surface area contributed by atoms with Crippen LogP contribution in [0.2, 0.25) is 5.02 Å². The van der Waals surface area contributed by atoms with Crippen molar-refractivity contribution in [3.05, 3.63) is 34.9 Å². The molecule has 1 aliphatic rings. The lowest BCUT2D eigenvalue weighted by atomic mass is 10.1. The van der Waals surface area contributed by atoms with Gasteiger partial charge in [-0.15, -0.1) is 0 Å². The van der Waals surface area contributed by atoms with E-state index in [1.807, 2.05) is 36.0 Å². The predicted molar refractivity (Wildman–Crippen MR) is 65.8 cm³/mol. The number of nitrogens with one attached hydrogen (secondary N) is 1. The average Bonchev–Trinajstić information content (AvgIpc) is 2.83. The van der Waals surface area contributed by atoms with Crippen molar-refractivity contribution < 1.29 is 0 Å². The second-order valence-corrected chi connectivity index (χ2v) is 4.42. The minimum atomic E-state index is 0.753. The van der Waals surface area contributed by atoms with E-state index in [9.17, 15) is 0 Å². The Hall–Kier alpha value is -1.48. The van der Waals surface area contributed by atoms with Crippen LogP contribution in [0.15, 0.2) is 24.3 Å². The zero-order valence-corrected chi connectivity index (χ0v) is 9.75. The molecule has 1 aromatic carbocycles. The number of hydrogen-bond acceptors (Lipinski definition) is 2. The first kappa shape index (κ1) is 9.73. The molecular weight excluding hydrogens is 222 g/mol. The van der Waals surface area contributed by atoms with Crippen molar-refractivity contribution in [3.63, 3.8) is 0 Å². The summed E-state index contributed by atoms with van der Waals surface area (Å²) in [4.78, 5) is 0. The van der Waals surface area contributed by atoms with Crippen molar-refractivity contribution in [2.24, 2.45) is 7.05 Å². The number of benzene rings is 1. The average molecular weight is 234 g/mol. The minimum Gasteiger partial charge on any atom is -0.370 e. The lowest BCUT2D eigenvalue weighted by Crippen LogP contribution is -2.01. The molecule has 4 heteroatoms. The van der Waals surface area contributed by atoms with Gasteiger partial charge < -0.3 is 5.32 Å². The van der Waals surface area contributed by atoms with E-state index in [1.54, 1.807) is 0 Å². The summed E-state index contributed by atoms with van der Waals surface area (Å²) in [5.74, 6) is 1.13. The van der Waals surface area contributed by atoms with Gasteiger partial charge in [-0.1, -0.05) is 23.7 Å². The summed E-state index contributed by atoms with van der Waals surface area (Å²) in [5, 5.41) is 8.63. The molecule has 1 aliphatic heterocycles. The third-order valence-electron chi connectivity index (χ3n) is 2.91. The smallest absolute Gasteiger partial charge is 0.127 e. The zero-order valence-electron chi connectivity index (χ0n) is 9.00. The molecule has 2 aromatic rings. The molecule has 0 aliphatic carbocycles. The number of nitrogens with zero attached hydrogens (tertiary/aromatic N) is 2. The van der Waals surface area contributed by atoms with Crippen molar-refractivity contribution in [1.82, 2.24) is 9.78 Å². The number of aromatic nitrogens is 2. The summed E-state index contributed by atoms with van der Waals surface area (Å²) in [6.45, 7) is 0.995. The Kier molecular flexibility index (Phi) is 2.14. The van der Waals surface area contributed by atoms with Crippen LogP contribution in [-0.4, -0.2) is 16.3 Å². The Labute approximate surface area is 99.0 Å². The van der Waals surface area contributed by atoms with Gasteiger partial charge in [-0.05, 0) is 18.6 Å². The van der Waals surface area contributed by atoms with Gasteiger partial charge in [-0.25, -0.2) is 0 Å². The van der Waals surface area contributed by atoms with Gasteiger partial charge in [0.05, 0.1) is 5.69 Å². The quantitative estimate of drug-likeness (QED) is 0.821. The Morgan fingerprint density at radius 1 is 1.44 bits per heavy atom. The van der Waals surface area contributed by atoms with Crippen molar-refractivity contribution in [3.8, 4) is 11.3 Å². The van der Waals surface area contributed by atoms with E-state index < -0.39 is 0 Å². The lowest BCUT2D eigenvalue weighted by molar-refractivity contribution is 0.775. The van der Waals surface area contributed by atoms with Crippen LogP contribution >= 0.6 is 11.6 Å². The van der Waals surface area contributed by atoms with E-state index in [0.29, 0.717) is 0 Å². The number of fused-ring (bicyclic) bond motifs is 1. The Morgan fingerprint density at radius 3 is 3.12 bits per heavy atom. The van der Waals surface area contributed by atoms with Crippen molar-refractivity contribution in [2.45, 2.75) is 6.42 Å². The first-order valence-corrected chi connectivity index (χ1v) is 5.69. The van der Waals surface area contributed by atoms with Crippen LogP contribution in [-0.2, 0) is 13.5 Å². The van der Waals surface area contributed by atoms with Crippen LogP contribution in [0.25, 0.3) is 11.3 Å². The van der Waals surface area contributed by atoms with Crippen LogP contribution in [0.1, 0.15) is 5.56 Å². The van der Waals surface area contributed by atoms with Crippen molar-refractivity contribution in [1.29, 1.82) is 0 Å². The zero-order chi connectivity index (χ0) is 11.1. The molecule has 3 rings (SSSR count). The highest BCUT2D eigenvalue weighted by Gasteiger charge is 2.21. The van der Waals surface area contributed by atoms with Gasteiger partial charge in [-0.2, -0.15) is 5.10 Å². The number of aryl methyl sites for hydroxylation is 1. The van der Waals surface area contributed by atoms with Crippen molar-refractivity contribution in [2.75, 3.05) is 11.9 Å². The summed E-state index contributed by atoms with van der Waals surface area (Å²) in [5.41, 5.74) is 3.43. The lowest BCUT2D eigenvalue weighted by Gasteiger charge is -1.99. The number of anilines is 1. The van der Waals surface area contributed by atoms with E-state index in [1.165, 1.54) is 5.56 Å². The fourth-order valence-electron chi connectivity index (χ4n) is 2.20. The van der Waals surface area contributed by atoms with E-state index in [0.717, 1.165) is 35.1 Å². The highest BCUT2D eigenvalue weighted by atomic mass is 35.5. The van der Waals surface area contributed by atoms with E-state index in [-0.39, 0.29) is 0 Å². The van der Waals surface area contributed by atoms with Gasteiger partial charge in [0.1, 0.15) is 5.82 Å². The fourth-order valence-corrected chi connectivity index (χ4v) is 2.39. The Balaban J connectivity index is 2.17. The summed E-state index contributed by atoms with van der Waals surface area (Å²) >= 11 is 6.00. The molecule has 0 unspecified atom stereocenters. The summed E-state index contributed by atoms with van der Waals surface area (Å²) in [7, 11) is 1.96. The summed E-state index contributed by atoms with van der Waals surface area (Å²) in [6.07, 6.45) is 1.03. The van der Waals surface area contributed by atoms with Crippen LogP contribution in [0.4, 0.5) is 5.82 Å². The van der Waals surface area contributed by atoms with E-state index in [2.05, 4.69) is 10.4 Å². The Bertz CT molecular complexity index is 545. The molecule has 0 bridgehead atoms. The molecule has 82 valence electrons. The minimum absolute atomic E-state index is 0.753. The van der Waals surface area contributed by atoms with Gasteiger partial charge in [0.15, 0.2) is 0 Å². The van der Waals surface area contributed by atoms with Crippen molar-refractivity contribution >= 4 is 17.4 Å². The third kappa shape index (κ3) is 1.39. The molecule has 0 spiro atoms. The molecule has 0 radical (unpaired) electrons. The molecule has 0 saturated carbocycles. The summed E-state index contributed by atoms with van der Waals surface area (Å²) < 4.78 is 1.90. The van der Waals surface area contributed by atoms with Gasteiger partial charge in [0.2, 0.25) is 0 Å². The normalized spacial score (nSPS) is 13.6. The SMILES string of the molecule is Cn1nc(-c2cccc(Cl)c2)c2c1NCC2. The molecule has 0 saturated heterocycles. The van der Waals surface area contributed by atoms with Gasteiger partial charge in [0.25, 0.3) is 0 Å². The number of hydrogen-bond donors (Lipinski definition) is 1. The largest absolute Gasteiger partial charge is 0.370 e. The molecule has 0 amide bonds. The van der Waals surface area contributed by atoms with Crippen LogP contribution in [0.3, 0.4) is 0 Å². The molecule has 16 heavy (non-hydrogen) atoms. The highest BCUT2D eigenvalue weighted by molar-refractivity contribution is 6.30. The standard InChI is InChI=1S/C12H12ClN3/c1-16-12-10(5-6-14-12)11(15-16)8-3-2-4-9(13)7-8/h2-4,7,14H,5-6H2,1H3.